The van der Waals surface area contributed by atoms with E-state index in [0.717, 1.165) is 24.2 Å². The summed E-state index contributed by atoms with van der Waals surface area (Å²) in [7, 11) is 0. The zero-order valence-electron chi connectivity index (χ0n) is 32.8. The van der Waals surface area contributed by atoms with Crippen LogP contribution in [-0.4, -0.2) is 3.21 Å². The molecule has 4 aromatic rings. The number of fused-ring (bicyclic) bond motifs is 3. The van der Waals surface area contributed by atoms with Crippen LogP contribution in [0, 0.1) is 28.6 Å². The Labute approximate surface area is 340 Å². The first-order chi connectivity index (χ1) is 24.3. The molecule has 274 valence electrons. The number of hydrogen-bond donors (Lipinski definition) is 0. The van der Waals surface area contributed by atoms with Crippen molar-refractivity contribution in [1.29, 1.82) is 0 Å². The third kappa shape index (κ3) is 6.72. The van der Waals surface area contributed by atoms with Crippen LogP contribution in [0.5, 0.6) is 0 Å². The van der Waals surface area contributed by atoms with Gasteiger partial charge in [0.15, 0.2) is 0 Å². The second-order valence-corrected chi connectivity index (χ2v) is 25.3. The molecule has 6 aliphatic rings. The Bertz CT molecular complexity index is 2050. The molecular formula is C50H56Cl2Zr. The van der Waals surface area contributed by atoms with Gasteiger partial charge in [-0.2, -0.15) is 0 Å². The van der Waals surface area contributed by atoms with Crippen LogP contribution in [-0.2, 0) is 38.5 Å². The van der Waals surface area contributed by atoms with E-state index in [4.69, 9.17) is 0 Å². The van der Waals surface area contributed by atoms with E-state index in [1.165, 1.54) is 77.5 Å². The molecule has 4 bridgehead atoms. The molecular weight excluding hydrogens is 763 g/mol. The first kappa shape index (κ1) is 38.9. The van der Waals surface area contributed by atoms with Gasteiger partial charge in [0, 0.05) is 0 Å². The predicted octanol–water partition coefficient (Wildman–Crippen LogP) is 6.05. The smallest absolute Gasteiger partial charge is 1.00 e. The fraction of sp³-hybridized carbons (Fsp3) is 0.420. The summed E-state index contributed by atoms with van der Waals surface area (Å²) in [4.78, 5) is 0. The first-order valence-electron chi connectivity index (χ1n) is 19.9. The summed E-state index contributed by atoms with van der Waals surface area (Å²) in [5.41, 5.74) is 12.6. The van der Waals surface area contributed by atoms with Crippen LogP contribution >= 0.6 is 0 Å². The quantitative estimate of drug-likeness (QED) is 0.203. The number of allylic oxidation sites excluding steroid dienone is 4. The van der Waals surface area contributed by atoms with Gasteiger partial charge in [0.2, 0.25) is 0 Å². The molecule has 1 unspecified atom stereocenters. The molecule has 0 heterocycles. The Morgan fingerprint density at radius 2 is 1.17 bits per heavy atom. The van der Waals surface area contributed by atoms with Crippen LogP contribution in [0.2, 0.25) is 0 Å². The maximum Gasteiger partial charge on any atom is -1.00 e. The van der Waals surface area contributed by atoms with Crippen LogP contribution < -0.4 is 28.1 Å². The Morgan fingerprint density at radius 1 is 0.642 bits per heavy atom. The van der Waals surface area contributed by atoms with Gasteiger partial charge >= 0.3 is 318 Å². The molecule has 4 saturated carbocycles. The van der Waals surface area contributed by atoms with Crippen LogP contribution in [0.15, 0.2) is 113 Å². The van der Waals surface area contributed by atoms with Crippen molar-refractivity contribution < 1.29 is 46.1 Å². The summed E-state index contributed by atoms with van der Waals surface area (Å²) >= 11 is -2.92. The summed E-state index contributed by atoms with van der Waals surface area (Å²) < 4.78 is 5.02. The zero-order valence-corrected chi connectivity index (χ0v) is 36.8. The Kier molecular flexibility index (Phi) is 10.3. The maximum atomic E-state index is 2.89. The van der Waals surface area contributed by atoms with Gasteiger partial charge in [-0.25, -0.2) is 0 Å². The zero-order chi connectivity index (χ0) is 35.3. The number of benzene rings is 4. The topological polar surface area (TPSA) is 0 Å². The molecule has 4 aromatic carbocycles. The first-order valence-corrected chi connectivity index (χ1v) is 23.6. The molecule has 1 atom stereocenters. The number of hydrogen-bond acceptors (Lipinski definition) is 0. The van der Waals surface area contributed by atoms with Crippen molar-refractivity contribution in [3.05, 3.63) is 146 Å². The van der Waals surface area contributed by atoms with Crippen LogP contribution in [0.4, 0.5) is 0 Å². The van der Waals surface area contributed by atoms with E-state index in [0.29, 0.717) is 5.41 Å². The summed E-state index contributed by atoms with van der Waals surface area (Å²) in [6.07, 6.45) is 18.1. The maximum absolute atomic E-state index is 2.92. The van der Waals surface area contributed by atoms with Crippen molar-refractivity contribution in [3.63, 3.8) is 0 Å². The fourth-order valence-corrected chi connectivity index (χ4v) is 19.5. The van der Waals surface area contributed by atoms with Crippen LogP contribution in [0.25, 0.3) is 11.1 Å². The molecule has 10 rings (SSSR count). The van der Waals surface area contributed by atoms with Gasteiger partial charge in [-0.15, -0.1) is 0 Å². The Balaban J connectivity index is 0.00000218. The molecule has 0 aliphatic heterocycles. The molecule has 3 heteroatoms. The monoisotopic (exact) mass is 816 g/mol. The van der Waals surface area contributed by atoms with E-state index in [1.54, 1.807) is 15.3 Å². The minimum atomic E-state index is -2.92. The standard InChI is InChI=1S/C21H25.C16H21.C13H10.2ClH.Zr/c1-20(2,3)16-9-7-14-11-15-8-10-17(21(4,5)6)13-19(15)18(14)12-16;1-15(4-2-3-5-15)16-9-12-6-13(10-16)8-14(7-12)11-16;1-3-7-12(8-4-1)11-13-9-5-2-6-10-13;;;/h7,9-10,12-13H,11H2,1-6H3;2,4-5,12-14H,6-11H2,1H3;1-10H;2*1H;/q;;;;;+2/p-2. The van der Waals surface area contributed by atoms with Gasteiger partial charge < -0.3 is 24.8 Å². The van der Waals surface area contributed by atoms with E-state index in [1.807, 2.05) is 0 Å². The Hall–Kier alpha value is -2.31. The minimum absolute atomic E-state index is 0. The SMILES string of the molecule is CC(C)(C)c1ccc2c(c1)-c1cc(C(C)(C)C)c[c]([Zr+2]([C]3=CC(C)(C45CC6CC(CC(C6)C4)C5)C=C3)=[C](c3ccccc3)c3ccccc3)c1C2.[Cl-].[Cl-]. The van der Waals surface area contributed by atoms with Gasteiger partial charge in [0.25, 0.3) is 0 Å². The van der Waals surface area contributed by atoms with Crippen LogP contribution in [0.1, 0.15) is 120 Å². The van der Waals surface area contributed by atoms with E-state index >= 15 is 0 Å². The molecule has 0 nitrogen and oxygen atoms in total. The largest absolute Gasteiger partial charge is 1.00 e. The second kappa shape index (κ2) is 14.0. The molecule has 0 aromatic heterocycles. The molecule has 0 saturated heterocycles. The van der Waals surface area contributed by atoms with Gasteiger partial charge in [-0.3, -0.25) is 0 Å². The summed E-state index contributed by atoms with van der Waals surface area (Å²) in [5.74, 6) is 2.86. The van der Waals surface area contributed by atoms with Crippen molar-refractivity contribution >= 4 is 6.48 Å². The van der Waals surface area contributed by atoms with Gasteiger partial charge in [-0.1, -0.05) is 0 Å². The van der Waals surface area contributed by atoms with Gasteiger partial charge in [-0.05, 0) is 0 Å². The third-order valence-electron chi connectivity index (χ3n) is 13.9. The van der Waals surface area contributed by atoms with E-state index in [2.05, 4.69) is 158 Å². The Morgan fingerprint density at radius 3 is 1.70 bits per heavy atom. The van der Waals surface area contributed by atoms with E-state index in [-0.39, 0.29) is 41.1 Å². The number of rotatable bonds is 5. The van der Waals surface area contributed by atoms with Crippen molar-refractivity contribution in [2.75, 3.05) is 0 Å². The van der Waals surface area contributed by atoms with Crippen molar-refractivity contribution in [2.24, 2.45) is 28.6 Å². The summed E-state index contributed by atoms with van der Waals surface area (Å²) in [6, 6.07) is 35.7. The van der Waals surface area contributed by atoms with E-state index in [9.17, 15) is 0 Å². The van der Waals surface area contributed by atoms with Gasteiger partial charge in [0.1, 0.15) is 0 Å². The molecule has 0 amide bonds. The molecule has 0 spiro atoms. The minimum Gasteiger partial charge on any atom is -1.00 e. The number of halogens is 2. The normalized spacial score (nSPS) is 26.2. The van der Waals surface area contributed by atoms with E-state index < -0.39 is 21.3 Å². The molecule has 6 aliphatic carbocycles. The molecule has 0 N–H and O–H groups in total. The average molecular weight is 819 g/mol. The summed E-state index contributed by atoms with van der Waals surface area (Å²) in [5, 5.41) is 0. The second-order valence-electron chi connectivity index (χ2n) is 19.5. The van der Waals surface area contributed by atoms with Gasteiger partial charge in [0.05, 0.1) is 0 Å². The predicted molar refractivity (Wildman–Crippen MR) is 214 cm³/mol. The fourth-order valence-electron chi connectivity index (χ4n) is 11.4. The summed E-state index contributed by atoms with van der Waals surface area (Å²) in [6.45, 7) is 17.0. The average Bonchev–Trinajstić information content (AvgIpc) is 3.67. The molecule has 0 radical (unpaired) electrons. The van der Waals surface area contributed by atoms with Crippen molar-refractivity contribution in [3.8, 4) is 11.1 Å². The van der Waals surface area contributed by atoms with Crippen molar-refractivity contribution in [1.82, 2.24) is 0 Å². The molecule has 4 fully saturated rings. The van der Waals surface area contributed by atoms with Crippen molar-refractivity contribution in [2.45, 2.75) is 104 Å². The third-order valence-corrected chi connectivity index (χ3v) is 21.2. The van der Waals surface area contributed by atoms with Crippen LogP contribution in [0.3, 0.4) is 0 Å². The molecule has 53 heavy (non-hydrogen) atoms.